The highest BCUT2D eigenvalue weighted by Gasteiger charge is 2.16. The number of carbonyl (C=O) groups excluding carboxylic acids is 1. The lowest BCUT2D eigenvalue weighted by Gasteiger charge is -2.14. The van der Waals surface area contributed by atoms with E-state index in [1.54, 1.807) is 6.20 Å². The predicted octanol–water partition coefficient (Wildman–Crippen LogP) is 4.24. The number of nitro groups is 1. The maximum absolute atomic E-state index is 12.8. The van der Waals surface area contributed by atoms with E-state index in [2.05, 4.69) is 10.3 Å². The Morgan fingerprint density at radius 2 is 1.81 bits per heavy atom. The largest absolute Gasteiger partial charge is 0.347 e. The van der Waals surface area contributed by atoms with Crippen LogP contribution < -0.4 is 10.7 Å². The number of amides is 1. The summed E-state index contributed by atoms with van der Waals surface area (Å²) in [6.45, 7) is 2.59. The van der Waals surface area contributed by atoms with Crippen LogP contribution >= 0.6 is 0 Å². The van der Waals surface area contributed by atoms with Gasteiger partial charge in [-0.25, -0.2) is 4.98 Å². The van der Waals surface area contributed by atoms with Crippen molar-refractivity contribution in [2.24, 2.45) is 0 Å². The molecule has 0 spiro atoms. The lowest BCUT2D eigenvalue weighted by molar-refractivity contribution is -0.384. The fraction of sp³-hybridized carbons (Fsp3) is 0.0870. The number of aromatic nitrogens is 2. The molecule has 0 radical (unpaired) electrons. The molecule has 2 heterocycles. The topological polar surface area (TPSA) is 107 Å². The van der Waals surface area contributed by atoms with Gasteiger partial charge in [0.05, 0.1) is 21.5 Å². The number of nitrogens with zero attached hydrogens (tertiary/aromatic N) is 3. The Morgan fingerprint density at radius 1 is 1.10 bits per heavy atom. The number of rotatable bonds is 5. The molecule has 8 nitrogen and oxygen atoms in total. The second kappa shape index (κ2) is 8.19. The number of nitrogens with one attached hydrogen (secondary N) is 1. The van der Waals surface area contributed by atoms with Gasteiger partial charge in [-0.05, 0) is 25.1 Å². The SMILES string of the molecule is CCn1ccc(=O)c2c(NC(=O)c3ccc([N+](=O)[O-])cc3)nc(-c3ccccc3)cc21. The molecule has 0 aliphatic rings. The Hall–Kier alpha value is -4.33. The van der Waals surface area contributed by atoms with Crippen LogP contribution in [-0.2, 0) is 6.54 Å². The fourth-order valence-electron chi connectivity index (χ4n) is 3.36. The normalized spacial score (nSPS) is 10.7. The number of anilines is 1. The van der Waals surface area contributed by atoms with Gasteiger partial charge in [0, 0.05) is 42.1 Å². The van der Waals surface area contributed by atoms with E-state index >= 15 is 0 Å². The Kier molecular flexibility index (Phi) is 5.28. The van der Waals surface area contributed by atoms with Gasteiger partial charge in [-0.2, -0.15) is 0 Å². The molecule has 0 unspecified atom stereocenters. The number of carbonyl (C=O) groups is 1. The third-order valence-electron chi connectivity index (χ3n) is 4.94. The Labute approximate surface area is 176 Å². The molecule has 0 aliphatic carbocycles. The average Bonchev–Trinajstić information content (AvgIpc) is 2.79. The minimum absolute atomic E-state index is 0.114. The molecule has 154 valence electrons. The van der Waals surface area contributed by atoms with Crippen LogP contribution in [0.5, 0.6) is 0 Å². The monoisotopic (exact) mass is 414 g/mol. The molecule has 0 saturated heterocycles. The first-order chi connectivity index (χ1) is 15.0. The van der Waals surface area contributed by atoms with E-state index in [1.165, 1.54) is 30.3 Å². The number of nitro benzene ring substituents is 1. The number of non-ortho nitro benzene ring substituents is 1. The molecule has 4 aromatic rings. The van der Waals surface area contributed by atoms with E-state index in [1.807, 2.05) is 47.9 Å². The molecule has 4 rings (SSSR count). The summed E-state index contributed by atoms with van der Waals surface area (Å²) in [5.74, 6) is -0.368. The Bertz CT molecular complexity index is 1350. The third kappa shape index (κ3) is 3.91. The van der Waals surface area contributed by atoms with Crippen LogP contribution in [0.15, 0.2) is 77.7 Å². The van der Waals surface area contributed by atoms with E-state index in [9.17, 15) is 19.7 Å². The van der Waals surface area contributed by atoms with E-state index in [4.69, 9.17) is 0 Å². The highest BCUT2D eigenvalue weighted by Crippen LogP contribution is 2.26. The lowest BCUT2D eigenvalue weighted by Crippen LogP contribution is -2.17. The Balaban J connectivity index is 1.84. The molecule has 0 atom stereocenters. The van der Waals surface area contributed by atoms with Crippen LogP contribution in [0.25, 0.3) is 22.2 Å². The van der Waals surface area contributed by atoms with Gasteiger partial charge in [0.25, 0.3) is 11.6 Å². The summed E-state index contributed by atoms with van der Waals surface area (Å²) < 4.78 is 1.91. The molecule has 1 N–H and O–H groups in total. The first-order valence-corrected chi connectivity index (χ1v) is 9.63. The van der Waals surface area contributed by atoms with Crippen molar-refractivity contribution in [3.63, 3.8) is 0 Å². The van der Waals surface area contributed by atoms with Crippen molar-refractivity contribution >= 4 is 28.3 Å². The fourth-order valence-corrected chi connectivity index (χ4v) is 3.36. The van der Waals surface area contributed by atoms with Gasteiger partial charge in [0.2, 0.25) is 0 Å². The van der Waals surface area contributed by atoms with Crippen LogP contribution in [0.4, 0.5) is 11.5 Å². The van der Waals surface area contributed by atoms with Crippen molar-refractivity contribution in [3.8, 4) is 11.3 Å². The summed E-state index contributed by atoms with van der Waals surface area (Å²) in [5, 5.41) is 13.9. The maximum atomic E-state index is 12.8. The molecule has 1 amide bonds. The van der Waals surface area contributed by atoms with Crippen molar-refractivity contribution in [1.29, 1.82) is 0 Å². The van der Waals surface area contributed by atoms with Crippen molar-refractivity contribution in [2.75, 3.05) is 5.32 Å². The summed E-state index contributed by atoms with van der Waals surface area (Å²) in [6.07, 6.45) is 1.71. The van der Waals surface area contributed by atoms with Gasteiger partial charge in [-0.15, -0.1) is 0 Å². The van der Waals surface area contributed by atoms with Crippen LogP contribution in [0.1, 0.15) is 17.3 Å². The maximum Gasteiger partial charge on any atom is 0.269 e. The molecule has 0 bridgehead atoms. The van der Waals surface area contributed by atoms with Gasteiger partial charge in [0.1, 0.15) is 5.82 Å². The van der Waals surface area contributed by atoms with Crippen LogP contribution in [0.3, 0.4) is 0 Å². The van der Waals surface area contributed by atoms with Crippen molar-refractivity contribution in [1.82, 2.24) is 9.55 Å². The molecular formula is C23H18N4O4. The third-order valence-corrected chi connectivity index (χ3v) is 4.94. The number of benzene rings is 2. The summed E-state index contributed by atoms with van der Waals surface area (Å²) in [7, 11) is 0. The first-order valence-electron chi connectivity index (χ1n) is 9.63. The molecule has 0 aliphatic heterocycles. The van der Waals surface area contributed by atoms with Crippen molar-refractivity contribution in [2.45, 2.75) is 13.5 Å². The summed E-state index contributed by atoms with van der Waals surface area (Å²) in [5.41, 5.74) is 1.96. The number of aryl methyl sites for hydroxylation is 1. The highest BCUT2D eigenvalue weighted by molar-refractivity contribution is 6.08. The van der Waals surface area contributed by atoms with E-state index in [0.717, 1.165) is 5.56 Å². The quantitative estimate of drug-likeness (QED) is 0.388. The number of hydrogen-bond donors (Lipinski definition) is 1. The second-order valence-electron chi connectivity index (χ2n) is 6.84. The van der Waals surface area contributed by atoms with Gasteiger partial charge < -0.3 is 9.88 Å². The van der Waals surface area contributed by atoms with Gasteiger partial charge in [-0.1, -0.05) is 30.3 Å². The first kappa shape index (κ1) is 20.0. The zero-order valence-electron chi connectivity index (χ0n) is 16.6. The van der Waals surface area contributed by atoms with Crippen LogP contribution in [0, 0.1) is 10.1 Å². The molecule has 2 aromatic carbocycles. The van der Waals surface area contributed by atoms with Gasteiger partial charge >= 0.3 is 0 Å². The van der Waals surface area contributed by atoms with Crippen LogP contribution in [-0.4, -0.2) is 20.4 Å². The lowest BCUT2D eigenvalue weighted by atomic mass is 10.1. The zero-order valence-corrected chi connectivity index (χ0v) is 16.6. The second-order valence-corrected chi connectivity index (χ2v) is 6.84. The number of hydrogen-bond acceptors (Lipinski definition) is 5. The van der Waals surface area contributed by atoms with Gasteiger partial charge in [0.15, 0.2) is 5.43 Å². The zero-order chi connectivity index (χ0) is 22.0. The average molecular weight is 414 g/mol. The Morgan fingerprint density at radius 3 is 2.45 bits per heavy atom. The molecule has 0 fully saturated rings. The molecule has 8 heteroatoms. The van der Waals surface area contributed by atoms with Gasteiger partial charge in [-0.3, -0.25) is 19.7 Å². The van der Waals surface area contributed by atoms with Crippen molar-refractivity contribution < 1.29 is 9.72 Å². The number of fused-ring (bicyclic) bond motifs is 1. The minimum atomic E-state index is -0.534. The summed E-state index contributed by atoms with van der Waals surface area (Å²) in [6, 6.07) is 18.0. The van der Waals surface area contributed by atoms with E-state index < -0.39 is 10.8 Å². The molecular weight excluding hydrogens is 396 g/mol. The highest BCUT2D eigenvalue weighted by atomic mass is 16.6. The summed E-state index contributed by atoms with van der Waals surface area (Å²) in [4.78, 5) is 40.4. The van der Waals surface area contributed by atoms with Crippen LogP contribution in [0.2, 0.25) is 0 Å². The molecule has 31 heavy (non-hydrogen) atoms. The number of pyridine rings is 2. The van der Waals surface area contributed by atoms with Crippen molar-refractivity contribution in [3.05, 3.63) is 98.8 Å². The van der Waals surface area contributed by atoms with E-state index in [-0.39, 0.29) is 22.5 Å². The predicted molar refractivity (Wildman–Crippen MR) is 118 cm³/mol. The molecule has 0 saturated carbocycles. The smallest absolute Gasteiger partial charge is 0.269 e. The molecule has 2 aromatic heterocycles. The standard InChI is InChI=1S/C23H18N4O4/c1-2-26-13-12-20(28)21-19(26)14-18(15-6-4-3-5-7-15)24-22(21)25-23(29)16-8-10-17(11-9-16)27(30)31/h3-14H,2H2,1H3,(H,24,25,29). The van der Waals surface area contributed by atoms with E-state index in [0.29, 0.717) is 23.1 Å². The summed E-state index contributed by atoms with van der Waals surface area (Å²) >= 11 is 0. The minimum Gasteiger partial charge on any atom is -0.347 e.